The molecule has 1 heterocycles. The first kappa shape index (κ1) is 38.2. The number of thiophene rings is 1. The van der Waals surface area contributed by atoms with Gasteiger partial charge in [0.15, 0.2) is 5.78 Å². The van der Waals surface area contributed by atoms with Crippen LogP contribution in [-0.4, -0.2) is 51.7 Å². The normalized spacial score (nSPS) is 34.1. The van der Waals surface area contributed by atoms with Gasteiger partial charge in [-0.3, -0.25) is 4.79 Å². The Morgan fingerprint density at radius 2 is 1.49 bits per heavy atom. The van der Waals surface area contributed by atoms with E-state index in [4.69, 9.17) is 0 Å². The summed E-state index contributed by atoms with van der Waals surface area (Å²) in [6.07, 6.45) is 12.6. The highest BCUT2D eigenvalue weighted by Gasteiger charge is 2.74. The van der Waals surface area contributed by atoms with Gasteiger partial charge in [0.05, 0.1) is 24.3 Å². The molecular weight excluding hydrogens is 725 g/mol. The van der Waals surface area contributed by atoms with E-state index >= 15 is 4.79 Å². The second-order valence-corrected chi connectivity index (χ2v) is 19.4. The molecule has 6 aliphatic rings. The number of aliphatic hydroxyl groups is 2. The quantitative estimate of drug-likeness (QED) is 0.110. The Bertz CT molecular complexity index is 2190. The van der Waals surface area contributed by atoms with Crippen molar-refractivity contribution in [2.45, 2.75) is 89.9 Å². The largest absolute Gasteiger partial charge is 0.393 e. The van der Waals surface area contributed by atoms with Crippen LogP contribution in [-0.2, 0) is 6.42 Å². The zero-order valence-electron chi connectivity index (χ0n) is 33.5. The molecule has 3 fully saturated rings. The number of amides is 2. The first-order chi connectivity index (χ1) is 27.4. The van der Waals surface area contributed by atoms with Gasteiger partial charge in [0.1, 0.15) is 0 Å². The van der Waals surface area contributed by atoms with Crippen LogP contribution in [0.25, 0.3) is 11.1 Å². The maximum atomic E-state index is 15.2. The van der Waals surface area contributed by atoms with Gasteiger partial charge in [-0.15, -0.1) is 11.3 Å². The molecule has 9 atom stereocenters. The second kappa shape index (κ2) is 14.2. The van der Waals surface area contributed by atoms with Crippen LogP contribution in [0, 0.1) is 33.5 Å². The van der Waals surface area contributed by atoms with Crippen LogP contribution in [0.15, 0.2) is 126 Å². The highest BCUT2D eigenvalue weighted by molar-refractivity contribution is 7.09. The van der Waals surface area contributed by atoms with Gasteiger partial charge in [-0.1, -0.05) is 123 Å². The lowest BCUT2D eigenvalue weighted by Gasteiger charge is -2.71. The maximum Gasteiger partial charge on any atom is 0.317 e. The summed E-state index contributed by atoms with van der Waals surface area (Å²) < 4.78 is 0. The van der Waals surface area contributed by atoms with Gasteiger partial charge in [0.25, 0.3) is 0 Å². The molecule has 0 saturated heterocycles. The van der Waals surface area contributed by atoms with E-state index in [9.17, 15) is 15.0 Å². The molecule has 2 amide bonds. The van der Waals surface area contributed by atoms with Crippen molar-refractivity contribution >= 4 is 23.2 Å². The van der Waals surface area contributed by atoms with E-state index in [1.54, 1.807) is 11.3 Å². The molecule has 296 valence electrons. The third-order valence-electron chi connectivity index (χ3n) is 15.8. The molecule has 10 rings (SSSR count). The van der Waals surface area contributed by atoms with Crippen LogP contribution in [0.5, 0.6) is 0 Å². The minimum atomic E-state index is -1.16. The Hall–Kier alpha value is -4.30. The Kier molecular flexibility index (Phi) is 9.53. The Morgan fingerprint density at radius 3 is 2.21 bits per heavy atom. The SMILES string of the molecule is CC(NC(=O)N(CCc1cccs1)CC1(O)CCC2C34C=CC5(C=C3C(=O)c3ccc(-c6ccccc6)cc3)CC(O)CCC5(C)C4CCC21C)c1ccccc1. The Balaban J connectivity index is 1.07. The molecule has 3 N–H and O–H groups in total. The van der Waals surface area contributed by atoms with Crippen molar-refractivity contribution in [3.8, 4) is 11.1 Å². The molecule has 3 saturated carbocycles. The fraction of sp³-hybridized carbons (Fsp3) is 0.440. The number of hydrogen-bond acceptors (Lipinski definition) is 5. The molecule has 7 heteroatoms. The first-order valence-electron chi connectivity index (χ1n) is 21.1. The van der Waals surface area contributed by atoms with Gasteiger partial charge < -0.3 is 20.4 Å². The van der Waals surface area contributed by atoms with E-state index in [0.717, 1.165) is 54.4 Å². The summed E-state index contributed by atoms with van der Waals surface area (Å²) in [5.74, 6) is 0.244. The number of benzene rings is 3. The van der Waals surface area contributed by atoms with E-state index in [0.29, 0.717) is 31.4 Å². The summed E-state index contributed by atoms with van der Waals surface area (Å²) in [6.45, 7) is 7.41. The van der Waals surface area contributed by atoms with E-state index in [2.05, 4.69) is 73.1 Å². The Morgan fingerprint density at radius 1 is 0.825 bits per heavy atom. The Labute approximate surface area is 341 Å². The van der Waals surface area contributed by atoms with Crippen molar-refractivity contribution in [3.63, 3.8) is 0 Å². The number of ketones is 1. The molecule has 1 aromatic heterocycles. The number of carbonyl (C=O) groups is 2. The third kappa shape index (κ3) is 6.02. The van der Waals surface area contributed by atoms with Gasteiger partial charge >= 0.3 is 6.03 Å². The molecule has 2 spiro atoms. The molecule has 2 bridgehead atoms. The van der Waals surface area contributed by atoms with Crippen LogP contribution in [0.2, 0.25) is 0 Å². The number of hydrogen-bond donors (Lipinski definition) is 3. The van der Waals surface area contributed by atoms with Crippen LogP contribution in [0.4, 0.5) is 4.79 Å². The highest BCUT2D eigenvalue weighted by Crippen LogP contribution is 2.78. The predicted molar refractivity (Wildman–Crippen MR) is 228 cm³/mol. The molecule has 6 nitrogen and oxygen atoms in total. The van der Waals surface area contributed by atoms with Gasteiger partial charge in [0.2, 0.25) is 0 Å². The predicted octanol–water partition coefficient (Wildman–Crippen LogP) is 10.2. The summed E-state index contributed by atoms with van der Waals surface area (Å²) in [5, 5.41) is 29.7. The second-order valence-electron chi connectivity index (χ2n) is 18.4. The number of nitrogens with zero attached hydrogens (tertiary/aromatic N) is 1. The molecule has 9 unspecified atom stereocenters. The smallest absolute Gasteiger partial charge is 0.317 e. The topological polar surface area (TPSA) is 89.9 Å². The van der Waals surface area contributed by atoms with Crippen LogP contribution >= 0.6 is 11.3 Å². The van der Waals surface area contributed by atoms with Crippen LogP contribution in [0.1, 0.15) is 92.6 Å². The fourth-order valence-corrected chi connectivity index (χ4v) is 13.3. The lowest BCUT2D eigenvalue weighted by atomic mass is 9.32. The fourth-order valence-electron chi connectivity index (χ4n) is 12.6. The summed E-state index contributed by atoms with van der Waals surface area (Å²) in [7, 11) is 0. The van der Waals surface area contributed by atoms with Gasteiger partial charge in [-0.05, 0) is 104 Å². The summed E-state index contributed by atoms with van der Waals surface area (Å²) in [6, 6.07) is 32.1. The van der Waals surface area contributed by atoms with Crippen molar-refractivity contribution in [3.05, 3.63) is 142 Å². The molecule has 57 heavy (non-hydrogen) atoms. The van der Waals surface area contributed by atoms with Crippen molar-refractivity contribution in [1.29, 1.82) is 0 Å². The highest BCUT2D eigenvalue weighted by atomic mass is 32.1. The number of allylic oxidation sites excluding steroid dienone is 4. The monoisotopic (exact) mass is 780 g/mol. The number of urea groups is 1. The molecule has 0 radical (unpaired) electrons. The van der Waals surface area contributed by atoms with Crippen molar-refractivity contribution in [2.75, 3.05) is 13.1 Å². The number of carbonyl (C=O) groups excluding carboxylic acids is 2. The standard InChI is InChI=1S/C50H56N2O4S/c1-34(35-11-6-4-7-12-35)51-45(55)52(29-23-40-15-10-30-57-40)33-49(56)26-22-43-47(49,3)25-21-42-46(2)24-20-39(53)31-48(46)27-28-50(42,43)41(32-48)44(54)38-18-16-37(17-19-38)36-13-8-5-9-14-36/h4-19,27-28,30,32,34,39,42-43,53,56H,20-26,29,31,33H2,1-3H3,(H,51,55). The first-order valence-corrected chi connectivity index (χ1v) is 22.0. The van der Waals surface area contributed by atoms with Gasteiger partial charge in [0, 0.05) is 38.8 Å². The van der Waals surface area contributed by atoms with E-state index in [1.165, 1.54) is 4.88 Å². The lowest BCUT2D eigenvalue weighted by molar-refractivity contribution is -0.174. The van der Waals surface area contributed by atoms with E-state index in [1.807, 2.05) is 78.6 Å². The maximum absolute atomic E-state index is 15.2. The summed E-state index contributed by atoms with van der Waals surface area (Å²) >= 11 is 1.69. The minimum Gasteiger partial charge on any atom is -0.393 e. The zero-order chi connectivity index (χ0) is 39.6. The third-order valence-corrected chi connectivity index (χ3v) is 16.7. The number of aliphatic hydroxyl groups excluding tert-OH is 1. The number of rotatable bonds is 10. The van der Waals surface area contributed by atoms with Gasteiger partial charge in [-0.2, -0.15) is 0 Å². The minimum absolute atomic E-state index is 0.00350. The molecule has 0 aliphatic heterocycles. The molecule has 6 aliphatic carbocycles. The number of Topliss-reactive ketones (excluding diaryl/α,β-unsaturated/α-hetero) is 1. The lowest BCUT2D eigenvalue weighted by Crippen LogP contribution is -2.67. The number of fused-ring (bicyclic) bond motifs is 1. The average molecular weight is 781 g/mol. The number of nitrogens with one attached hydrogen (secondary N) is 1. The van der Waals surface area contributed by atoms with Gasteiger partial charge in [-0.25, -0.2) is 4.79 Å². The molecule has 3 aromatic carbocycles. The van der Waals surface area contributed by atoms with E-state index < -0.39 is 27.9 Å². The molecule has 4 aromatic rings. The van der Waals surface area contributed by atoms with Crippen LogP contribution in [0.3, 0.4) is 0 Å². The molecular formula is C50H56N2O4S. The van der Waals surface area contributed by atoms with Crippen LogP contribution < -0.4 is 5.32 Å². The van der Waals surface area contributed by atoms with Crippen molar-refractivity contribution in [1.82, 2.24) is 10.2 Å². The zero-order valence-corrected chi connectivity index (χ0v) is 34.3. The van der Waals surface area contributed by atoms with Crippen molar-refractivity contribution < 1.29 is 19.8 Å². The average Bonchev–Trinajstić information content (AvgIpc) is 3.85. The van der Waals surface area contributed by atoms with E-state index in [-0.39, 0.29) is 41.7 Å². The van der Waals surface area contributed by atoms with Crippen molar-refractivity contribution in [2.24, 2.45) is 33.5 Å². The summed E-state index contributed by atoms with van der Waals surface area (Å²) in [4.78, 5) is 32.6. The summed E-state index contributed by atoms with van der Waals surface area (Å²) in [5.41, 5.74) is 1.93.